The molecule has 0 atom stereocenters. The summed E-state index contributed by atoms with van der Waals surface area (Å²) in [6.45, 7) is -0.164. The molecule has 0 heterocycles. The lowest BCUT2D eigenvalue weighted by atomic mass is 10.0. The minimum Gasteiger partial charge on any atom is -0.457 e. The van der Waals surface area contributed by atoms with E-state index in [1.165, 1.54) is 18.2 Å². The van der Waals surface area contributed by atoms with Gasteiger partial charge in [-0.05, 0) is 24.3 Å². The Morgan fingerprint density at radius 3 is 2.12 bits per heavy atom. The van der Waals surface area contributed by atoms with E-state index in [2.05, 4.69) is 15.9 Å². The van der Waals surface area contributed by atoms with Crippen LogP contribution in [0.5, 0.6) is 0 Å². The molecule has 0 spiro atoms. The van der Waals surface area contributed by atoms with Gasteiger partial charge in [0.05, 0.1) is 5.56 Å². The van der Waals surface area contributed by atoms with Crippen molar-refractivity contribution in [1.29, 1.82) is 0 Å². The number of ether oxygens (including phenoxy) is 1. The van der Waals surface area contributed by atoms with Crippen LogP contribution in [0.3, 0.4) is 0 Å². The summed E-state index contributed by atoms with van der Waals surface area (Å²) in [4.78, 5) is 24.4. The van der Waals surface area contributed by atoms with Crippen LogP contribution in [-0.4, -0.2) is 11.8 Å². The topological polar surface area (TPSA) is 43.4 Å². The van der Waals surface area contributed by atoms with Crippen molar-refractivity contribution in [2.75, 3.05) is 0 Å². The van der Waals surface area contributed by atoms with Crippen LogP contribution in [0, 0.1) is 5.82 Å². The maximum absolute atomic E-state index is 13.7. The van der Waals surface area contributed by atoms with Crippen LogP contribution in [0.1, 0.15) is 31.8 Å². The highest BCUT2D eigenvalue weighted by atomic mass is 79.9. The van der Waals surface area contributed by atoms with Crippen molar-refractivity contribution in [3.8, 4) is 0 Å². The van der Waals surface area contributed by atoms with E-state index in [0.29, 0.717) is 21.2 Å². The van der Waals surface area contributed by atoms with Crippen molar-refractivity contribution in [3.63, 3.8) is 0 Å². The summed E-state index contributed by atoms with van der Waals surface area (Å²) in [5, 5.41) is 0. The average Bonchev–Trinajstić information content (AvgIpc) is 2.67. The lowest BCUT2D eigenvalue weighted by molar-refractivity contribution is 0.0468. The minimum absolute atomic E-state index is 0.123. The molecule has 0 radical (unpaired) electrons. The molecule has 0 amide bonds. The highest BCUT2D eigenvalue weighted by Gasteiger charge is 2.12. The summed E-state index contributed by atoms with van der Waals surface area (Å²) >= 11 is 3.17. The van der Waals surface area contributed by atoms with E-state index < -0.39 is 11.8 Å². The molecular weight excluding hydrogens is 399 g/mol. The van der Waals surface area contributed by atoms with E-state index in [1.54, 1.807) is 48.5 Å². The first-order valence-electron chi connectivity index (χ1n) is 7.85. The molecule has 0 bridgehead atoms. The fraction of sp³-hybridized carbons (Fsp3) is 0.0476. The third kappa shape index (κ3) is 4.24. The van der Waals surface area contributed by atoms with Crippen LogP contribution in [0.15, 0.2) is 77.3 Å². The monoisotopic (exact) mass is 412 g/mol. The second kappa shape index (κ2) is 8.06. The Balaban J connectivity index is 1.66. The van der Waals surface area contributed by atoms with Crippen molar-refractivity contribution >= 4 is 27.7 Å². The summed E-state index contributed by atoms with van der Waals surface area (Å²) < 4.78 is 19.5. The number of halogens is 2. The number of carbonyl (C=O) groups excluding carboxylic acids is 2. The Hall–Kier alpha value is -2.79. The van der Waals surface area contributed by atoms with Gasteiger partial charge in [0.1, 0.15) is 12.4 Å². The van der Waals surface area contributed by atoms with Gasteiger partial charge < -0.3 is 4.74 Å². The lowest BCUT2D eigenvalue weighted by Gasteiger charge is -2.07. The third-order valence-electron chi connectivity index (χ3n) is 3.79. The second-order valence-corrected chi connectivity index (χ2v) is 6.50. The molecule has 0 aliphatic rings. The van der Waals surface area contributed by atoms with E-state index >= 15 is 0 Å². The number of rotatable bonds is 5. The van der Waals surface area contributed by atoms with Crippen molar-refractivity contribution < 1.29 is 18.7 Å². The van der Waals surface area contributed by atoms with E-state index in [0.717, 1.165) is 0 Å². The fourth-order valence-corrected chi connectivity index (χ4v) is 2.71. The number of hydrogen-bond donors (Lipinski definition) is 0. The molecule has 0 fully saturated rings. The van der Waals surface area contributed by atoms with Crippen LogP contribution >= 0.6 is 15.9 Å². The van der Waals surface area contributed by atoms with Crippen LogP contribution in [0.25, 0.3) is 0 Å². The molecule has 0 saturated carbocycles. The molecule has 0 unspecified atom stereocenters. The number of ketones is 1. The first-order valence-corrected chi connectivity index (χ1v) is 8.65. The van der Waals surface area contributed by atoms with Gasteiger partial charge in [0.25, 0.3) is 0 Å². The van der Waals surface area contributed by atoms with E-state index in [-0.39, 0.29) is 18.0 Å². The maximum Gasteiger partial charge on any atom is 0.338 e. The summed E-state index contributed by atoms with van der Waals surface area (Å²) in [7, 11) is 0. The van der Waals surface area contributed by atoms with E-state index in [9.17, 15) is 14.0 Å². The maximum atomic E-state index is 13.7. The molecule has 0 aliphatic carbocycles. The molecule has 5 heteroatoms. The number of esters is 1. The van der Waals surface area contributed by atoms with Gasteiger partial charge in [0.15, 0.2) is 5.78 Å². The van der Waals surface area contributed by atoms with Crippen LogP contribution in [0.2, 0.25) is 0 Å². The van der Waals surface area contributed by atoms with Gasteiger partial charge in [-0.2, -0.15) is 0 Å². The van der Waals surface area contributed by atoms with Gasteiger partial charge in [-0.15, -0.1) is 0 Å². The predicted octanol–water partition coefficient (Wildman–Crippen LogP) is 5.18. The molecular formula is C21H14BrFO3. The van der Waals surface area contributed by atoms with Crippen LogP contribution < -0.4 is 0 Å². The molecule has 0 aliphatic heterocycles. The van der Waals surface area contributed by atoms with Gasteiger partial charge in [-0.25, -0.2) is 9.18 Å². The normalized spacial score (nSPS) is 10.4. The van der Waals surface area contributed by atoms with Gasteiger partial charge in [-0.1, -0.05) is 64.5 Å². The molecule has 3 aromatic carbocycles. The fourth-order valence-electron chi connectivity index (χ4n) is 2.38. The number of benzene rings is 3. The smallest absolute Gasteiger partial charge is 0.338 e. The summed E-state index contributed by atoms with van der Waals surface area (Å²) in [6.07, 6.45) is 0. The van der Waals surface area contributed by atoms with E-state index in [4.69, 9.17) is 4.74 Å². The zero-order valence-electron chi connectivity index (χ0n) is 13.6. The van der Waals surface area contributed by atoms with Gasteiger partial charge in [-0.3, -0.25) is 4.79 Å². The van der Waals surface area contributed by atoms with Gasteiger partial charge in [0.2, 0.25) is 0 Å². The highest BCUT2D eigenvalue weighted by Crippen LogP contribution is 2.17. The Kier molecular flexibility index (Phi) is 5.58. The number of hydrogen-bond acceptors (Lipinski definition) is 3. The molecule has 3 nitrogen and oxygen atoms in total. The first-order chi connectivity index (χ1) is 12.5. The zero-order valence-corrected chi connectivity index (χ0v) is 15.2. The van der Waals surface area contributed by atoms with Crippen molar-refractivity contribution in [3.05, 3.63) is 105 Å². The van der Waals surface area contributed by atoms with Crippen molar-refractivity contribution in [2.45, 2.75) is 6.61 Å². The summed E-state index contributed by atoms with van der Waals surface area (Å²) in [6, 6.07) is 19.6. The Morgan fingerprint density at radius 1 is 0.846 bits per heavy atom. The highest BCUT2D eigenvalue weighted by molar-refractivity contribution is 9.10. The number of carbonyl (C=O) groups is 2. The van der Waals surface area contributed by atoms with E-state index in [1.807, 2.05) is 6.07 Å². The molecule has 0 N–H and O–H groups in total. The molecule has 3 rings (SSSR count). The van der Waals surface area contributed by atoms with Crippen molar-refractivity contribution in [2.24, 2.45) is 0 Å². The SMILES string of the molecule is O=C(OCc1ccc(Br)cc1F)c1ccc(C(=O)c2ccccc2)cc1. The quantitative estimate of drug-likeness (QED) is 0.428. The second-order valence-electron chi connectivity index (χ2n) is 5.58. The molecule has 0 aromatic heterocycles. The third-order valence-corrected chi connectivity index (χ3v) is 4.29. The van der Waals surface area contributed by atoms with Crippen LogP contribution in [0.4, 0.5) is 4.39 Å². The van der Waals surface area contributed by atoms with Gasteiger partial charge >= 0.3 is 5.97 Å². The van der Waals surface area contributed by atoms with Gasteiger partial charge in [0, 0.05) is 21.2 Å². The average molecular weight is 413 g/mol. The first kappa shape index (κ1) is 18.0. The predicted molar refractivity (Wildman–Crippen MR) is 99.5 cm³/mol. The molecule has 130 valence electrons. The Bertz CT molecular complexity index is 937. The van der Waals surface area contributed by atoms with Crippen LogP contribution in [-0.2, 0) is 11.3 Å². The Labute approximate surface area is 158 Å². The molecule has 26 heavy (non-hydrogen) atoms. The summed E-state index contributed by atoms with van der Waals surface area (Å²) in [5.74, 6) is -1.15. The Morgan fingerprint density at radius 2 is 1.46 bits per heavy atom. The molecule has 3 aromatic rings. The standard InChI is InChI=1S/C21H14BrFO3/c22-18-11-10-17(19(23)12-18)13-26-21(25)16-8-6-15(7-9-16)20(24)14-4-2-1-3-5-14/h1-12H,13H2. The largest absolute Gasteiger partial charge is 0.457 e. The minimum atomic E-state index is -0.578. The summed E-state index contributed by atoms with van der Waals surface area (Å²) in [5.41, 5.74) is 1.64. The zero-order chi connectivity index (χ0) is 18.5. The van der Waals surface area contributed by atoms with Crippen molar-refractivity contribution in [1.82, 2.24) is 0 Å². The molecule has 0 saturated heterocycles. The lowest BCUT2D eigenvalue weighted by Crippen LogP contribution is -2.07.